The summed E-state index contributed by atoms with van der Waals surface area (Å²) in [5.74, 6) is -1.02. The lowest BCUT2D eigenvalue weighted by molar-refractivity contribution is -0.212. The molecule has 40 heavy (non-hydrogen) atoms. The quantitative estimate of drug-likeness (QED) is 0.316. The highest BCUT2D eigenvalue weighted by atomic mass is 19.4. The number of nitrogens with two attached hydrogens (primary N) is 1. The first-order valence-corrected chi connectivity index (χ1v) is 12.6. The average Bonchev–Trinajstić information content (AvgIpc) is 3.63. The van der Waals surface area contributed by atoms with E-state index in [0.717, 1.165) is 23.5 Å². The van der Waals surface area contributed by atoms with Crippen molar-refractivity contribution in [1.29, 1.82) is 0 Å². The fourth-order valence-electron chi connectivity index (χ4n) is 5.75. The molecule has 5 aromatic rings. The molecule has 2 aliphatic rings. The zero-order valence-corrected chi connectivity index (χ0v) is 20.8. The highest BCUT2D eigenvalue weighted by Crippen LogP contribution is 2.41. The number of likely N-dealkylation sites (tertiary alicyclic amines) is 1. The van der Waals surface area contributed by atoms with Crippen LogP contribution in [-0.2, 0) is 17.6 Å². The van der Waals surface area contributed by atoms with Gasteiger partial charge in [-0.25, -0.2) is 14.4 Å². The zero-order chi connectivity index (χ0) is 27.8. The average molecular weight is 552 g/mol. The fraction of sp³-hybridized carbons (Fsp3) is 0.259. The monoisotopic (exact) mass is 551 g/mol. The number of aromatic nitrogens is 5. The lowest BCUT2D eigenvalue weighted by Crippen LogP contribution is -2.48. The Balaban J connectivity index is 1.27. The van der Waals surface area contributed by atoms with Crippen LogP contribution in [0.25, 0.3) is 27.7 Å². The molecule has 1 unspecified atom stereocenters. The number of hydrogen-bond acceptors (Lipinski definition) is 6. The number of rotatable bonds is 2. The molecule has 0 radical (unpaired) electrons. The minimum Gasteiger partial charge on any atom is -0.382 e. The van der Waals surface area contributed by atoms with Gasteiger partial charge in [-0.05, 0) is 41.7 Å². The second kappa shape index (κ2) is 8.74. The number of ether oxygens (including phenoxy) is 1. The van der Waals surface area contributed by atoms with Gasteiger partial charge >= 0.3 is 6.30 Å². The van der Waals surface area contributed by atoms with Crippen LogP contribution < -0.4 is 5.73 Å². The maximum absolute atomic E-state index is 15.4. The summed E-state index contributed by atoms with van der Waals surface area (Å²) < 4.78 is 62.2. The van der Waals surface area contributed by atoms with Crippen molar-refractivity contribution in [2.24, 2.45) is 0 Å². The first-order chi connectivity index (χ1) is 19.2. The minimum absolute atomic E-state index is 0.0463. The normalized spacial score (nSPS) is 19.1. The van der Waals surface area contributed by atoms with Gasteiger partial charge in [-0.1, -0.05) is 12.1 Å². The summed E-state index contributed by atoms with van der Waals surface area (Å²) in [5.41, 5.74) is 9.61. The number of amides is 1. The molecule has 2 N–H and O–H groups in total. The van der Waals surface area contributed by atoms with Crippen molar-refractivity contribution in [2.45, 2.75) is 37.9 Å². The molecular weight excluding hydrogens is 530 g/mol. The fourth-order valence-corrected chi connectivity index (χ4v) is 5.75. The largest absolute Gasteiger partial charge is 0.504 e. The van der Waals surface area contributed by atoms with Crippen molar-refractivity contribution in [3.05, 3.63) is 77.8 Å². The third kappa shape index (κ3) is 3.79. The molecule has 1 saturated heterocycles. The van der Waals surface area contributed by atoms with Crippen LogP contribution in [0.1, 0.15) is 40.4 Å². The van der Waals surface area contributed by atoms with Crippen molar-refractivity contribution in [3.63, 3.8) is 0 Å². The number of benzene rings is 2. The molecule has 9 nitrogen and oxygen atoms in total. The summed E-state index contributed by atoms with van der Waals surface area (Å²) in [4.78, 5) is 23.9. The minimum atomic E-state index is -4.61. The van der Waals surface area contributed by atoms with Crippen molar-refractivity contribution in [2.75, 3.05) is 12.3 Å². The van der Waals surface area contributed by atoms with Crippen LogP contribution in [0.2, 0.25) is 0 Å². The Kier molecular flexibility index (Phi) is 5.36. The topological polar surface area (TPSA) is 104 Å². The summed E-state index contributed by atoms with van der Waals surface area (Å²) in [6, 6.07) is 7.44. The molecule has 5 heterocycles. The van der Waals surface area contributed by atoms with E-state index in [9.17, 15) is 18.0 Å². The van der Waals surface area contributed by atoms with E-state index in [1.807, 2.05) is 0 Å². The van der Waals surface area contributed by atoms with Gasteiger partial charge in [-0.2, -0.15) is 9.78 Å². The summed E-state index contributed by atoms with van der Waals surface area (Å²) in [6.07, 6.45) is 1.63. The number of halogens is 4. The van der Waals surface area contributed by atoms with Crippen LogP contribution in [0.15, 0.2) is 55.2 Å². The van der Waals surface area contributed by atoms with Crippen molar-refractivity contribution in [1.82, 2.24) is 29.0 Å². The predicted octanol–water partition coefficient (Wildman–Crippen LogP) is 4.82. The van der Waals surface area contributed by atoms with Gasteiger partial charge in [0.15, 0.2) is 0 Å². The van der Waals surface area contributed by atoms with Gasteiger partial charge in [0.2, 0.25) is 0 Å². The number of carbonyl (C=O) groups excluding carboxylic acids is 1. The molecule has 204 valence electrons. The Morgan fingerprint density at radius 2 is 1.95 bits per heavy atom. The number of fused-ring (bicyclic) bond motifs is 6. The van der Waals surface area contributed by atoms with Crippen LogP contribution in [0, 0.1) is 5.82 Å². The lowest BCUT2D eigenvalue weighted by Gasteiger charge is -2.44. The third-order valence-corrected chi connectivity index (χ3v) is 7.62. The van der Waals surface area contributed by atoms with Gasteiger partial charge in [-0.3, -0.25) is 9.20 Å². The molecule has 7 rings (SSSR count). The molecule has 0 saturated carbocycles. The van der Waals surface area contributed by atoms with E-state index < -0.39 is 24.1 Å². The van der Waals surface area contributed by atoms with Gasteiger partial charge in [0, 0.05) is 24.4 Å². The predicted molar refractivity (Wildman–Crippen MR) is 135 cm³/mol. The Morgan fingerprint density at radius 3 is 2.75 bits per heavy atom. The number of piperidine rings is 1. The summed E-state index contributed by atoms with van der Waals surface area (Å²) >= 11 is 0. The van der Waals surface area contributed by atoms with E-state index in [4.69, 9.17) is 10.5 Å². The second-order valence-electron chi connectivity index (χ2n) is 9.96. The number of anilines is 1. The Hall–Kier alpha value is -4.52. The molecule has 1 amide bonds. The maximum atomic E-state index is 15.4. The van der Waals surface area contributed by atoms with Gasteiger partial charge in [0.05, 0.1) is 54.1 Å². The number of hydrogen-bond donors (Lipinski definition) is 1. The molecule has 1 fully saturated rings. The van der Waals surface area contributed by atoms with E-state index >= 15 is 4.39 Å². The Morgan fingerprint density at radius 1 is 1.10 bits per heavy atom. The summed E-state index contributed by atoms with van der Waals surface area (Å²) in [5, 5.41) is 3.42. The molecule has 0 spiro atoms. The first kappa shape index (κ1) is 24.5. The standard InChI is InChI=1S/C27H21F4N7O2/c28-19-8-20-21(37-13-33-10-22(37)25(32)35-20)7-18(19)26(39)36-5-1-2-23-24(36)17-4-3-14(6-15(17)12-40-23)16-9-34-38(11-16)27(29,30)31/h3-4,6-11,13,23-24H,1-2,5,12H2,(H2,32,35)/t23?,24-/m0/s1. The van der Waals surface area contributed by atoms with Crippen molar-refractivity contribution in [3.8, 4) is 11.1 Å². The summed E-state index contributed by atoms with van der Waals surface area (Å²) in [7, 11) is 0. The molecular formula is C27H21F4N7O2. The van der Waals surface area contributed by atoms with Gasteiger partial charge in [0.1, 0.15) is 17.2 Å². The zero-order valence-electron chi connectivity index (χ0n) is 20.8. The summed E-state index contributed by atoms with van der Waals surface area (Å²) in [6.45, 7) is 0.636. The van der Waals surface area contributed by atoms with E-state index in [1.165, 1.54) is 18.5 Å². The number of alkyl halides is 3. The van der Waals surface area contributed by atoms with Crippen LogP contribution in [0.4, 0.5) is 23.4 Å². The van der Waals surface area contributed by atoms with Crippen LogP contribution in [-0.4, -0.2) is 47.6 Å². The maximum Gasteiger partial charge on any atom is 0.504 e. The molecule has 0 aliphatic carbocycles. The number of carbonyl (C=O) groups is 1. The Labute approximate surface area is 223 Å². The second-order valence-corrected chi connectivity index (χ2v) is 9.96. The highest BCUT2D eigenvalue weighted by Gasteiger charge is 2.41. The van der Waals surface area contributed by atoms with Crippen LogP contribution in [0.3, 0.4) is 0 Å². The van der Waals surface area contributed by atoms with Gasteiger partial charge in [0.25, 0.3) is 5.91 Å². The molecule has 2 aromatic carbocycles. The smallest absolute Gasteiger partial charge is 0.382 e. The highest BCUT2D eigenvalue weighted by molar-refractivity contribution is 5.99. The van der Waals surface area contributed by atoms with Gasteiger partial charge < -0.3 is 15.4 Å². The number of nitrogens with zero attached hydrogens (tertiary/aromatic N) is 6. The van der Waals surface area contributed by atoms with E-state index in [1.54, 1.807) is 33.7 Å². The number of nitrogen functional groups attached to an aromatic ring is 1. The number of imidazole rings is 1. The molecule has 2 aliphatic heterocycles. The van der Waals surface area contributed by atoms with Crippen LogP contribution in [0.5, 0.6) is 0 Å². The lowest BCUT2D eigenvalue weighted by atomic mass is 9.85. The van der Waals surface area contributed by atoms with Gasteiger partial charge in [-0.15, -0.1) is 13.2 Å². The Bertz CT molecular complexity index is 1810. The van der Waals surface area contributed by atoms with Crippen molar-refractivity contribution < 1.29 is 27.1 Å². The van der Waals surface area contributed by atoms with Crippen LogP contribution >= 0.6 is 0 Å². The molecule has 2 atom stereocenters. The van der Waals surface area contributed by atoms with E-state index in [2.05, 4.69) is 15.1 Å². The van der Waals surface area contributed by atoms with E-state index in [0.29, 0.717) is 47.1 Å². The molecule has 0 bridgehead atoms. The third-order valence-electron chi connectivity index (χ3n) is 7.62. The van der Waals surface area contributed by atoms with E-state index in [-0.39, 0.29) is 28.8 Å². The molecule has 3 aromatic heterocycles. The van der Waals surface area contributed by atoms with Crippen molar-refractivity contribution >= 4 is 28.3 Å². The molecule has 13 heteroatoms. The first-order valence-electron chi connectivity index (χ1n) is 12.6. The SMILES string of the molecule is Nc1nc2cc(F)c(C(=O)N3CCCC4OCc5cc(-c6cnn(C(F)(F)F)c6)ccc5[C@@H]43)cc2n2cncc12.